The molecule has 0 radical (unpaired) electrons. The van der Waals surface area contributed by atoms with Gasteiger partial charge in [-0.15, -0.1) is 0 Å². The van der Waals surface area contributed by atoms with Crippen LogP contribution in [0.25, 0.3) is 0 Å². The van der Waals surface area contributed by atoms with E-state index in [1.807, 2.05) is 23.1 Å². The van der Waals surface area contributed by atoms with Crippen LogP contribution in [0.5, 0.6) is 0 Å². The van der Waals surface area contributed by atoms with Crippen LogP contribution in [0.15, 0.2) is 18.5 Å². The van der Waals surface area contributed by atoms with Gasteiger partial charge in [0.15, 0.2) is 0 Å². The molecule has 0 bridgehead atoms. The summed E-state index contributed by atoms with van der Waals surface area (Å²) in [6.45, 7) is 8.85. The van der Waals surface area contributed by atoms with Crippen molar-refractivity contribution < 1.29 is 0 Å². The van der Waals surface area contributed by atoms with Crippen molar-refractivity contribution >= 4 is 0 Å². The average Bonchev–Trinajstić information content (AvgIpc) is 2.70. The van der Waals surface area contributed by atoms with Crippen molar-refractivity contribution in [2.75, 3.05) is 19.6 Å². The summed E-state index contributed by atoms with van der Waals surface area (Å²) in [5, 5.41) is 7.67. The van der Waals surface area contributed by atoms with E-state index in [0.29, 0.717) is 12.1 Å². The zero-order chi connectivity index (χ0) is 10.7. The van der Waals surface area contributed by atoms with E-state index in [0.717, 1.165) is 26.2 Å². The molecule has 2 atom stereocenters. The summed E-state index contributed by atoms with van der Waals surface area (Å²) >= 11 is 0. The molecule has 2 heterocycles. The lowest BCUT2D eigenvalue weighted by atomic mass is 10.1. The molecule has 1 saturated heterocycles. The first-order valence-corrected chi connectivity index (χ1v) is 5.71. The summed E-state index contributed by atoms with van der Waals surface area (Å²) in [7, 11) is 0. The lowest BCUT2D eigenvalue weighted by Crippen LogP contribution is -2.55. The maximum absolute atomic E-state index is 4.23. The van der Waals surface area contributed by atoms with Gasteiger partial charge in [-0.05, 0) is 19.9 Å². The Bertz CT molecular complexity index is 273. The Morgan fingerprint density at radius 3 is 2.60 bits per heavy atom. The van der Waals surface area contributed by atoms with Crippen LogP contribution in [-0.4, -0.2) is 46.4 Å². The number of hydrogen-bond donors (Lipinski definition) is 1. The third kappa shape index (κ3) is 2.58. The molecule has 0 aromatic carbocycles. The predicted octanol–water partition coefficient (Wildman–Crippen LogP) is 0.565. The van der Waals surface area contributed by atoms with E-state index in [-0.39, 0.29) is 0 Å². The average molecular weight is 208 g/mol. The van der Waals surface area contributed by atoms with Crippen molar-refractivity contribution in [3.8, 4) is 0 Å². The highest BCUT2D eigenvalue weighted by Gasteiger charge is 2.23. The quantitative estimate of drug-likeness (QED) is 0.788. The van der Waals surface area contributed by atoms with Gasteiger partial charge in [0.05, 0.1) is 6.54 Å². The van der Waals surface area contributed by atoms with Crippen molar-refractivity contribution in [1.82, 2.24) is 20.0 Å². The Labute approximate surface area is 91.3 Å². The molecule has 1 aliphatic heterocycles. The second-order valence-electron chi connectivity index (χ2n) is 4.36. The summed E-state index contributed by atoms with van der Waals surface area (Å²) < 4.78 is 2.00. The van der Waals surface area contributed by atoms with Crippen molar-refractivity contribution in [2.24, 2.45) is 0 Å². The summed E-state index contributed by atoms with van der Waals surface area (Å²) in [5.74, 6) is 0. The molecular weight excluding hydrogens is 188 g/mol. The topological polar surface area (TPSA) is 33.1 Å². The van der Waals surface area contributed by atoms with E-state index in [1.54, 1.807) is 0 Å². The molecule has 4 nitrogen and oxygen atoms in total. The molecule has 2 rings (SSSR count). The van der Waals surface area contributed by atoms with Crippen LogP contribution < -0.4 is 5.32 Å². The molecule has 1 aliphatic rings. The van der Waals surface area contributed by atoms with E-state index >= 15 is 0 Å². The normalized spacial score (nSPS) is 28.1. The summed E-state index contributed by atoms with van der Waals surface area (Å²) in [6.07, 6.45) is 3.86. The predicted molar refractivity (Wildman–Crippen MR) is 60.7 cm³/mol. The number of nitrogens with one attached hydrogen (secondary N) is 1. The van der Waals surface area contributed by atoms with E-state index in [1.165, 1.54) is 0 Å². The Balaban J connectivity index is 1.86. The highest BCUT2D eigenvalue weighted by molar-refractivity contribution is 4.83. The Hall–Kier alpha value is -0.870. The maximum atomic E-state index is 4.23. The molecule has 15 heavy (non-hydrogen) atoms. The van der Waals surface area contributed by atoms with Gasteiger partial charge in [0.1, 0.15) is 0 Å². The van der Waals surface area contributed by atoms with Crippen LogP contribution in [0.1, 0.15) is 13.8 Å². The molecule has 1 aromatic heterocycles. The zero-order valence-corrected chi connectivity index (χ0v) is 9.56. The molecule has 0 spiro atoms. The maximum Gasteiger partial charge on any atom is 0.0536 e. The molecule has 0 amide bonds. The van der Waals surface area contributed by atoms with Crippen LogP contribution in [0.2, 0.25) is 0 Å². The van der Waals surface area contributed by atoms with E-state index in [4.69, 9.17) is 0 Å². The Morgan fingerprint density at radius 2 is 2.00 bits per heavy atom. The van der Waals surface area contributed by atoms with Gasteiger partial charge in [0.25, 0.3) is 0 Å². The standard InChI is InChI=1S/C11H20N4/c1-10-8-12-9-11(2)15(10)7-6-14-5-3-4-13-14/h3-5,10-12H,6-9H2,1-2H3. The Kier molecular flexibility index (Phi) is 3.38. The minimum absolute atomic E-state index is 0.629. The van der Waals surface area contributed by atoms with Crippen molar-refractivity contribution in [1.29, 1.82) is 0 Å². The fourth-order valence-electron chi connectivity index (χ4n) is 2.26. The van der Waals surface area contributed by atoms with Crippen molar-refractivity contribution in [3.05, 3.63) is 18.5 Å². The first-order valence-electron chi connectivity index (χ1n) is 5.71. The molecule has 0 aliphatic carbocycles. The van der Waals surface area contributed by atoms with Gasteiger partial charge in [0.2, 0.25) is 0 Å². The minimum atomic E-state index is 0.629. The SMILES string of the molecule is CC1CNCC(C)N1CCn1cccn1. The molecule has 1 fully saturated rings. The molecular formula is C11H20N4. The fraction of sp³-hybridized carbons (Fsp3) is 0.727. The number of hydrogen-bond acceptors (Lipinski definition) is 3. The molecule has 84 valence electrons. The minimum Gasteiger partial charge on any atom is -0.314 e. The van der Waals surface area contributed by atoms with Crippen LogP contribution >= 0.6 is 0 Å². The number of aromatic nitrogens is 2. The monoisotopic (exact) mass is 208 g/mol. The molecule has 1 aromatic rings. The summed E-state index contributed by atoms with van der Waals surface area (Å²) in [6, 6.07) is 3.23. The lowest BCUT2D eigenvalue weighted by molar-refractivity contribution is 0.111. The zero-order valence-electron chi connectivity index (χ0n) is 9.56. The summed E-state index contributed by atoms with van der Waals surface area (Å²) in [4.78, 5) is 2.55. The van der Waals surface area contributed by atoms with Gasteiger partial charge in [-0.3, -0.25) is 9.58 Å². The van der Waals surface area contributed by atoms with Gasteiger partial charge < -0.3 is 5.32 Å². The van der Waals surface area contributed by atoms with Gasteiger partial charge in [-0.25, -0.2) is 0 Å². The smallest absolute Gasteiger partial charge is 0.0536 e. The largest absolute Gasteiger partial charge is 0.314 e. The van der Waals surface area contributed by atoms with Crippen LogP contribution in [0.4, 0.5) is 0 Å². The van der Waals surface area contributed by atoms with Crippen LogP contribution in [0, 0.1) is 0 Å². The molecule has 1 N–H and O–H groups in total. The van der Waals surface area contributed by atoms with Gasteiger partial charge in [-0.2, -0.15) is 5.10 Å². The van der Waals surface area contributed by atoms with Gasteiger partial charge in [-0.1, -0.05) is 0 Å². The third-order valence-electron chi connectivity index (χ3n) is 3.16. The third-order valence-corrected chi connectivity index (χ3v) is 3.16. The highest BCUT2D eigenvalue weighted by atomic mass is 15.3. The molecule has 0 saturated carbocycles. The number of nitrogens with zero attached hydrogens (tertiary/aromatic N) is 3. The van der Waals surface area contributed by atoms with E-state index in [2.05, 4.69) is 29.2 Å². The van der Waals surface area contributed by atoms with Crippen molar-refractivity contribution in [2.45, 2.75) is 32.5 Å². The second-order valence-corrected chi connectivity index (χ2v) is 4.36. The van der Waals surface area contributed by atoms with Crippen LogP contribution in [0.3, 0.4) is 0 Å². The lowest BCUT2D eigenvalue weighted by Gasteiger charge is -2.39. The van der Waals surface area contributed by atoms with Crippen molar-refractivity contribution in [3.63, 3.8) is 0 Å². The summed E-state index contributed by atoms with van der Waals surface area (Å²) in [5.41, 5.74) is 0. The van der Waals surface area contributed by atoms with Gasteiger partial charge in [0, 0.05) is 44.1 Å². The highest BCUT2D eigenvalue weighted by Crippen LogP contribution is 2.09. The number of rotatable bonds is 3. The second kappa shape index (κ2) is 4.77. The Morgan fingerprint density at radius 1 is 1.27 bits per heavy atom. The van der Waals surface area contributed by atoms with Gasteiger partial charge >= 0.3 is 0 Å². The van der Waals surface area contributed by atoms with E-state index < -0.39 is 0 Å². The van der Waals surface area contributed by atoms with E-state index in [9.17, 15) is 0 Å². The first-order chi connectivity index (χ1) is 7.27. The first kappa shape index (κ1) is 10.6. The molecule has 4 heteroatoms. The van der Waals surface area contributed by atoms with Crippen LogP contribution in [-0.2, 0) is 6.54 Å². The number of piperazine rings is 1. The fourth-order valence-corrected chi connectivity index (χ4v) is 2.26. The molecule has 2 unspecified atom stereocenters.